The molecule has 4 nitrogen and oxygen atoms in total. The zero-order chi connectivity index (χ0) is 15.8. The van der Waals surface area contributed by atoms with Gasteiger partial charge in [-0.1, -0.05) is 54.7 Å². The zero-order valence-corrected chi connectivity index (χ0v) is 14.2. The molecule has 1 N–H and O–H groups in total. The van der Waals surface area contributed by atoms with Gasteiger partial charge in [-0.05, 0) is 30.5 Å². The van der Waals surface area contributed by atoms with Gasteiger partial charge in [0.25, 0.3) is 5.91 Å². The van der Waals surface area contributed by atoms with Gasteiger partial charge in [0, 0.05) is 11.3 Å². The molecule has 116 valence electrons. The molecule has 0 bridgehead atoms. The van der Waals surface area contributed by atoms with Crippen molar-refractivity contribution in [2.75, 3.05) is 11.1 Å². The minimum atomic E-state index is -0.154. The van der Waals surface area contributed by atoms with Crippen molar-refractivity contribution >= 4 is 34.1 Å². The molecule has 1 aromatic carbocycles. The van der Waals surface area contributed by atoms with E-state index in [1.807, 2.05) is 30.3 Å². The van der Waals surface area contributed by atoms with E-state index in [1.54, 1.807) is 11.8 Å². The average Bonchev–Trinajstić information content (AvgIpc) is 2.98. The standard InChI is InChI=1S/C16H19N3OS2/c1-3-5-6-12-7-9-13(10-8-12)14(20)17-15-18-19-16(22-15)21-11-4-2/h4,7-10H,2-3,5-6,11H2,1H3,(H,17,18,20). The summed E-state index contributed by atoms with van der Waals surface area (Å²) in [5, 5.41) is 11.3. The van der Waals surface area contributed by atoms with Crippen molar-refractivity contribution in [2.45, 2.75) is 30.5 Å². The lowest BCUT2D eigenvalue weighted by molar-refractivity contribution is 0.102. The number of benzene rings is 1. The number of nitrogens with one attached hydrogen (secondary N) is 1. The van der Waals surface area contributed by atoms with E-state index < -0.39 is 0 Å². The number of rotatable bonds is 8. The summed E-state index contributed by atoms with van der Waals surface area (Å²) in [5.41, 5.74) is 1.90. The number of unbranched alkanes of at least 4 members (excludes halogenated alkanes) is 1. The number of hydrogen-bond acceptors (Lipinski definition) is 5. The van der Waals surface area contributed by atoms with Crippen LogP contribution in [0.3, 0.4) is 0 Å². The molecule has 0 saturated carbocycles. The van der Waals surface area contributed by atoms with Crippen LogP contribution < -0.4 is 5.32 Å². The monoisotopic (exact) mass is 333 g/mol. The lowest BCUT2D eigenvalue weighted by Gasteiger charge is -2.03. The van der Waals surface area contributed by atoms with Gasteiger partial charge < -0.3 is 0 Å². The Bertz CT molecular complexity index is 623. The summed E-state index contributed by atoms with van der Waals surface area (Å²) in [5.74, 6) is 0.625. The van der Waals surface area contributed by atoms with Crippen LogP contribution in [0.15, 0.2) is 41.3 Å². The molecule has 0 saturated heterocycles. The van der Waals surface area contributed by atoms with Gasteiger partial charge in [0.15, 0.2) is 4.34 Å². The zero-order valence-electron chi connectivity index (χ0n) is 12.5. The van der Waals surface area contributed by atoms with Crippen LogP contribution in [-0.2, 0) is 6.42 Å². The smallest absolute Gasteiger partial charge is 0.257 e. The van der Waals surface area contributed by atoms with Crippen LogP contribution in [0.2, 0.25) is 0 Å². The normalized spacial score (nSPS) is 10.4. The van der Waals surface area contributed by atoms with E-state index in [0.717, 1.165) is 16.5 Å². The second-order valence-corrected chi connectivity index (χ2v) is 6.97. The molecule has 22 heavy (non-hydrogen) atoms. The first-order chi connectivity index (χ1) is 10.7. The number of aromatic nitrogens is 2. The molecule has 0 aliphatic carbocycles. The highest BCUT2D eigenvalue weighted by Crippen LogP contribution is 2.25. The topological polar surface area (TPSA) is 54.9 Å². The Morgan fingerprint density at radius 3 is 2.82 bits per heavy atom. The second kappa shape index (κ2) is 8.70. The number of hydrogen-bond donors (Lipinski definition) is 1. The number of thioether (sulfide) groups is 1. The molecule has 1 aromatic heterocycles. The van der Waals surface area contributed by atoms with E-state index in [9.17, 15) is 4.79 Å². The van der Waals surface area contributed by atoms with E-state index in [0.29, 0.717) is 10.7 Å². The Labute approximate surface area is 139 Å². The first kappa shape index (κ1) is 16.7. The van der Waals surface area contributed by atoms with Crippen LogP contribution in [0, 0.1) is 0 Å². The maximum Gasteiger partial charge on any atom is 0.257 e. The van der Waals surface area contributed by atoms with Crippen LogP contribution in [-0.4, -0.2) is 21.9 Å². The van der Waals surface area contributed by atoms with Crippen molar-refractivity contribution in [3.05, 3.63) is 48.0 Å². The molecule has 6 heteroatoms. The highest BCUT2D eigenvalue weighted by atomic mass is 32.2. The number of amides is 1. The maximum absolute atomic E-state index is 12.2. The minimum absolute atomic E-state index is 0.154. The second-order valence-electron chi connectivity index (χ2n) is 4.73. The molecule has 0 atom stereocenters. The van der Waals surface area contributed by atoms with E-state index in [-0.39, 0.29) is 5.91 Å². The summed E-state index contributed by atoms with van der Waals surface area (Å²) in [7, 11) is 0. The van der Waals surface area contributed by atoms with Gasteiger partial charge in [0.1, 0.15) is 0 Å². The number of carbonyl (C=O) groups is 1. The number of nitrogens with zero attached hydrogens (tertiary/aromatic N) is 2. The van der Waals surface area contributed by atoms with Crippen LogP contribution in [0.4, 0.5) is 5.13 Å². The predicted octanol–water partition coefficient (Wildman–Crippen LogP) is 4.41. The largest absolute Gasteiger partial charge is 0.296 e. The van der Waals surface area contributed by atoms with E-state index in [4.69, 9.17) is 0 Å². The molecular formula is C16H19N3OS2. The number of aryl methyl sites for hydroxylation is 1. The van der Waals surface area contributed by atoms with Crippen molar-refractivity contribution < 1.29 is 4.79 Å². The van der Waals surface area contributed by atoms with E-state index in [2.05, 4.69) is 29.0 Å². The number of anilines is 1. The third-order valence-electron chi connectivity index (χ3n) is 2.99. The summed E-state index contributed by atoms with van der Waals surface area (Å²) < 4.78 is 0.824. The Morgan fingerprint density at radius 2 is 2.14 bits per heavy atom. The first-order valence-electron chi connectivity index (χ1n) is 7.20. The van der Waals surface area contributed by atoms with Crippen molar-refractivity contribution in [3.8, 4) is 0 Å². The van der Waals surface area contributed by atoms with Gasteiger partial charge >= 0.3 is 0 Å². The Hall–Kier alpha value is -1.66. The third kappa shape index (κ3) is 4.96. The Morgan fingerprint density at radius 1 is 1.36 bits per heavy atom. The van der Waals surface area contributed by atoms with Crippen LogP contribution in [0.1, 0.15) is 35.7 Å². The van der Waals surface area contributed by atoms with Gasteiger partial charge in [0.2, 0.25) is 5.13 Å². The molecule has 0 aliphatic heterocycles. The average molecular weight is 333 g/mol. The van der Waals surface area contributed by atoms with Crippen LogP contribution in [0.5, 0.6) is 0 Å². The molecule has 0 radical (unpaired) electrons. The van der Waals surface area contributed by atoms with Gasteiger partial charge in [-0.25, -0.2) is 0 Å². The fourth-order valence-corrected chi connectivity index (χ4v) is 3.33. The quantitative estimate of drug-likeness (QED) is 0.442. The van der Waals surface area contributed by atoms with Gasteiger partial charge in [-0.15, -0.1) is 16.8 Å². The van der Waals surface area contributed by atoms with Gasteiger partial charge in [-0.2, -0.15) is 0 Å². The van der Waals surface area contributed by atoms with Gasteiger partial charge in [0.05, 0.1) is 0 Å². The van der Waals surface area contributed by atoms with Crippen molar-refractivity contribution in [1.29, 1.82) is 0 Å². The first-order valence-corrected chi connectivity index (χ1v) is 9.00. The molecule has 1 amide bonds. The Kier molecular flexibility index (Phi) is 6.61. The summed E-state index contributed by atoms with van der Waals surface area (Å²) in [4.78, 5) is 12.2. The van der Waals surface area contributed by atoms with Crippen LogP contribution >= 0.6 is 23.1 Å². The SMILES string of the molecule is C=CCSc1nnc(NC(=O)c2ccc(CCCC)cc2)s1. The Balaban J connectivity index is 1.93. The predicted molar refractivity (Wildman–Crippen MR) is 93.8 cm³/mol. The molecule has 0 unspecified atom stereocenters. The van der Waals surface area contributed by atoms with E-state index in [1.165, 1.54) is 29.7 Å². The molecule has 2 aromatic rings. The fraction of sp³-hybridized carbons (Fsp3) is 0.312. The fourth-order valence-electron chi connectivity index (χ4n) is 1.82. The summed E-state index contributed by atoms with van der Waals surface area (Å²) in [6.45, 7) is 5.83. The summed E-state index contributed by atoms with van der Waals surface area (Å²) >= 11 is 2.92. The van der Waals surface area contributed by atoms with Crippen molar-refractivity contribution in [2.24, 2.45) is 0 Å². The summed E-state index contributed by atoms with van der Waals surface area (Å²) in [6.07, 6.45) is 5.20. The highest BCUT2D eigenvalue weighted by molar-refractivity contribution is 8.01. The number of carbonyl (C=O) groups excluding carboxylic acids is 1. The molecule has 2 rings (SSSR count). The lowest BCUT2D eigenvalue weighted by atomic mass is 10.1. The molecule has 0 fully saturated rings. The maximum atomic E-state index is 12.2. The van der Waals surface area contributed by atoms with Gasteiger partial charge in [-0.3, -0.25) is 10.1 Å². The van der Waals surface area contributed by atoms with Crippen molar-refractivity contribution in [1.82, 2.24) is 10.2 Å². The summed E-state index contributed by atoms with van der Waals surface area (Å²) in [6, 6.07) is 7.73. The highest BCUT2D eigenvalue weighted by Gasteiger charge is 2.10. The molecule has 0 aliphatic rings. The lowest BCUT2D eigenvalue weighted by Crippen LogP contribution is -2.11. The third-order valence-corrected chi connectivity index (χ3v) is 4.95. The molecular weight excluding hydrogens is 314 g/mol. The molecule has 0 spiro atoms. The van der Waals surface area contributed by atoms with E-state index >= 15 is 0 Å². The molecule has 1 heterocycles. The van der Waals surface area contributed by atoms with Crippen LogP contribution in [0.25, 0.3) is 0 Å². The van der Waals surface area contributed by atoms with Crippen molar-refractivity contribution in [3.63, 3.8) is 0 Å². The minimum Gasteiger partial charge on any atom is -0.296 e.